The van der Waals surface area contributed by atoms with Crippen LogP contribution in [0.5, 0.6) is 11.5 Å². The second-order valence-electron chi connectivity index (χ2n) is 4.86. The van der Waals surface area contributed by atoms with Gasteiger partial charge >= 0.3 is 0 Å². The Kier molecular flexibility index (Phi) is 4.58. The Labute approximate surface area is 119 Å². The van der Waals surface area contributed by atoms with Gasteiger partial charge in [0.25, 0.3) is 0 Å². The van der Waals surface area contributed by atoms with Crippen molar-refractivity contribution in [3.05, 3.63) is 53.3 Å². The molecule has 0 spiro atoms. The van der Waals surface area contributed by atoms with Crippen molar-refractivity contribution >= 4 is 0 Å². The van der Waals surface area contributed by atoms with Crippen LogP contribution in [0.4, 0.5) is 0 Å². The molecule has 106 valence electrons. The number of pyridine rings is 1. The molecule has 1 aromatic carbocycles. The van der Waals surface area contributed by atoms with E-state index in [9.17, 15) is 0 Å². The van der Waals surface area contributed by atoms with Crippen molar-refractivity contribution in [1.29, 1.82) is 0 Å². The number of nitrogens with two attached hydrogens (primary N) is 1. The monoisotopic (exact) mass is 272 g/mol. The van der Waals surface area contributed by atoms with Crippen molar-refractivity contribution in [3.8, 4) is 11.5 Å². The molecule has 0 aliphatic rings. The van der Waals surface area contributed by atoms with Crippen molar-refractivity contribution in [1.82, 2.24) is 4.98 Å². The van der Waals surface area contributed by atoms with E-state index in [0.717, 1.165) is 16.7 Å². The highest BCUT2D eigenvalue weighted by Gasteiger charge is 2.08. The minimum Gasteiger partial charge on any atom is -0.493 e. The Balaban J connectivity index is 2.13. The summed E-state index contributed by atoms with van der Waals surface area (Å²) in [5, 5.41) is 0. The van der Waals surface area contributed by atoms with Gasteiger partial charge in [0.05, 0.1) is 7.11 Å². The second kappa shape index (κ2) is 6.39. The highest BCUT2D eigenvalue weighted by atomic mass is 16.5. The van der Waals surface area contributed by atoms with Crippen LogP contribution < -0.4 is 15.2 Å². The Morgan fingerprint density at radius 3 is 2.65 bits per heavy atom. The minimum atomic E-state index is -0.0288. The molecule has 0 bridgehead atoms. The number of ether oxygens (including phenoxy) is 2. The number of hydrogen-bond donors (Lipinski definition) is 1. The van der Waals surface area contributed by atoms with Gasteiger partial charge in [0.2, 0.25) is 0 Å². The van der Waals surface area contributed by atoms with Crippen molar-refractivity contribution < 1.29 is 9.47 Å². The number of nitrogens with zero attached hydrogens (tertiary/aromatic N) is 1. The lowest BCUT2D eigenvalue weighted by Crippen LogP contribution is -2.06. The lowest BCUT2D eigenvalue weighted by atomic mass is 10.1. The van der Waals surface area contributed by atoms with E-state index < -0.39 is 0 Å². The van der Waals surface area contributed by atoms with Crippen molar-refractivity contribution in [2.75, 3.05) is 7.11 Å². The quantitative estimate of drug-likeness (QED) is 0.909. The predicted octanol–water partition coefficient (Wildman–Crippen LogP) is 3.00. The van der Waals surface area contributed by atoms with Crippen LogP contribution in [0, 0.1) is 6.92 Å². The second-order valence-corrected chi connectivity index (χ2v) is 4.86. The Morgan fingerprint density at radius 1 is 1.20 bits per heavy atom. The maximum absolute atomic E-state index is 5.86. The molecule has 0 saturated heterocycles. The van der Waals surface area contributed by atoms with E-state index in [-0.39, 0.29) is 6.04 Å². The molecule has 0 saturated carbocycles. The van der Waals surface area contributed by atoms with E-state index in [0.29, 0.717) is 18.1 Å². The standard InChI is InChI=1S/C16H20N2O2/c1-11-6-13(9-18-8-11)10-20-15-5-4-14(12(2)17)7-16(15)19-3/h4-9,12H,10,17H2,1-3H3/t12-/m0/s1. The molecule has 0 fully saturated rings. The molecule has 0 aliphatic carbocycles. The van der Waals surface area contributed by atoms with E-state index in [2.05, 4.69) is 11.1 Å². The summed E-state index contributed by atoms with van der Waals surface area (Å²) in [5.41, 5.74) is 9.03. The zero-order valence-corrected chi connectivity index (χ0v) is 12.1. The first-order valence-electron chi connectivity index (χ1n) is 6.57. The molecule has 4 nitrogen and oxygen atoms in total. The number of aryl methyl sites for hydroxylation is 1. The maximum Gasteiger partial charge on any atom is 0.161 e. The first kappa shape index (κ1) is 14.3. The molecule has 0 unspecified atom stereocenters. The van der Waals surface area contributed by atoms with Gasteiger partial charge in [-0.25, -0.2) is 0 Å². The minimum absolute atomic E-state index is 0.0288. The predicted molar refractivity (Wildman–Crippen MR) is 78.9 cm³/mol. The largest absolute Gasteiger partial charge is 0.493 e. The van der Waals surface area contributed by atoms with E-state index in [1.54, 1.807) is 13.3 Å². The summed E-state index contributed by atoms with van der Waals surface area (Å²) >= 11 is 0. The highest BCUT2D eigenvalue weighted by Crippen LogP contribution is 2.30. The van der Waals surface area contributed by atoms with Crippen molar-refractivity contribution in [2.24, 2.45) is 5.73 Å². The van der Waals surface area contributed by atoms with Crippen LogP contribution >= 0.6 is 0 Å². The molecule has 2 N–H and O–H groups in total. The summed E-state index contributed by atoms with van der Waals surface area (Å²) < 4.78 is 11.2. The van der Waals surface area contributed by atoms with Gasteiger partial charge in [-0.15, -0.1) is 0 Å². The van der Waals surface area contributed by atoms with Crippen molar-refractivity contribution in [2.45, 2.75) is 26.5 Å². The molecule has 0 radical (unpaired) electrons. The maximum atomic E-state index is 5.86. The third-order valence-electron chi connectivity index (χ3n) is 3.04. The van der Waals surface area contributed by atoms with Crippen LogP contribution in [0.1, 0.15) is 29.7 Å². The molecule has 2 aromatic rings. The normalized spacial score (nSPS) is 12.0. The average Bonchev–Trinajstić information content (AvgIpc) is 2.45. The number of rotatable bonds is 5. The topological polar surface area (TPSA) is 57.4 Å². The van der Waals surface area contributed by atoms with Crippen molar-refractivity contribution in [3.63, 3.8) is 0 Å². The summed E-state index contributed by atoms with van der Waals surface area (Å²) in [4.78, 5) is 4.15. The lowest BCUT2D eigenvalue weighted by molar-refractivity contribution is 0.284. The van der Waals surface area contributed by atoms with Crippen LogP contribution in [0.3, 0.4) is 0 Å². The molecular formula is C16H20N2O2. The van der Waals surface area contributed by atoms with E-state index in [4.69, 9.17) is 15.2 Å². The molecule has 2 rings (SSSR count). The highest BCUT2D eigenvalue weighted by molar-refractivity contribution is 5.43. The van der Waals surface area contributed by atoms with Crippen LogP contribution in [0.15, 0.2) is 36.7 Å². The molecular weight excluding hydrogens is 252 g/mol. The van der Waals surface area contributed by atoms with Gasteiger partial charge in [0.15, 0.2) is 11.5 Å². The average molecular weight is 272 g/mol. The van der Waals surface area contributed by atoms with Crippen LogP contribution in [0.2, 0.25) is 0 Å². The fraction of sp³-hybridized carbons (Fsp3) is 0.312. The summed E-state index contributed by atoms with van der Waals surface area (Å²) in [5.74, 6) is 1.40. The summed E-state index contributed by atoms with van der Waals surface area (Å²) in [6, 6.07) is 7.78. The Hall–Kier alpha value is -2.07. The molecule has 0 amide bonds. The SMILES string of the molecule is COc1cc([C@H](C)N)ccc1OCc1cncc(C)c1. The fourth-order valence-corrected chi connectivity index (χ4v) is 1.94. The zero-order chi connectivity index (χ0) is 14.5. The van der Waals surface area contributed by atoms with Gasteiger partial charge in [-0.3, -0.25) is 4.98 Å². The first-order valence-corrected chi connectivity index (χ1v) is 6.57. The van der Waals surface area contributed by atoms with E-state index in [1.165, 1.54) is 0 Å². The molecule has 1 heterocycles. The number of hydrogen-bond acceptors (Lipinski definition) is 4. The first-order chi connectivity index (χ1) is 9.60. The van der Waals surface area contributed by atoms with Gasteiger partial charge in [-0.2, -0.15) is 0 Å². The van der Waals surface area contributed by atoms with E-state index in [1.807, 2.05) is 38.2 Å². The van der Waals surface area contributed by atoms with E-state index >= 15 is 0 Å². The molecule has 0 aliphatic heterocycles. The van der Waals surface area contributed by atoms with Crippen LogP contribution in [-0.2, 0) is 6.61 Å². The summed E-state index contributed by atoms with van der Waals surface area (Å²) in [7, 11) is 1.63. The molecule has 4 heteroatoms. The summed E-state index contributed by atoms with van der Waals surface area (Å²) in [6.07, 6.45) is 3.62. The molecule has 1 aromatic heterocycles. The zero-order valence-electron chi connectivity index (χ0n) is 12.1. The van der Waals surface area contributed by atoms with Gasteiger partial charge < -0.3 is 15.2 Å². The van der Waals surface area contributed by atoms with Gasteiger partial charge in [-0.05, 0) is 43.2 Å². The Morgan fingerprint density at radius 2 is 2.00 bits per heavy atom. The van der Waals surface area contributed by atoms with Gasteiger partial charge in [0.1, 0.15) is 6.61 Å². The smallest absolute Gasteiger partial charge is 0.161 e. The third kappa shape index (κ3) is 3.48. The number of aromatic nitrogens is 1. The molecule has 1 atom stereocenters. The third-order valence-corrected chi connectivity index (χ3v) is 3.04. The van der Waals surface area contributed by atoms with Gasteiger partial charge in [0, 0.05) is 24.0 Å². The Bertz CT molecular complexity index is 582. The summed E-state index contributed by atoms with van der Waals surface area (Å²) in [6.45, 7) is 4.41. The number of benzene rings is 1. The lowest BCUT2D eigenvalue weighted by Gasteiger charge is -2.13. The fourth-order valence-electron chi connectivity index (χ4n) is 1.94. The number of methoxy groups -OCH3 is 1. The van der Waals surface area contributed by atoms with Gasteiger partial charge in [-0.1, -0.05) is 6.07 Å². The van der Waals surface area contributed by atoms with Crippen LogP contribution in [0.25, 0.3) is 0 Å². The molecule has 20 heavy (non-hydrogen) atoms. The van der Waals surface area contributed by atoms with Crippen LogP contribution in [-0.4, -0.2) is 12.1 Å².